The molecule has 0 radical (unpaired) electrons. The summed E-state index contributed by atoms with van der Waals surface area (Å²) < 4.78 is 16.5. The summed E-state index contributed by atoms with van der Waals surface area (Å²) in [5.74, 6) is -0.592. The Hall–Kier alpha value is -2.90. The summed E-state index contributed by atoms with van der Waals surface area (Å²) in [6, 6.07) is 20.0. The molecule has 1 amide bonds. The molecule has 1 atom stereocenters. The van der Waals surface area contributed by atoms with Crippen LogP contribution in [0.3, 0.4) is 0 Å². The molecule has 0 bridgehead atoms. The summed E-state index contributed by atoms with van der Waals surface area (Å²) in [5, 5.41) is 0. The lowest BCUT2D eigenvalue weighted by atomic mass is 10.0. The molecule has 0 aliphatic carbocycles. The molecule has 3 rings (SSSR count). The molecule has 1 saturated heterocycles. The third-order valence-electron chi connectivity index (χ3n) is 5.73. The Labute approximate surface area is 196 Å². The van der Waals surface area contributed by atoms with Crippen molar-refractivity contribution >= 4 is 12.1 Å². The van der Waals surface area contributed by atoms with Crippen molar-refractivity contribution in [2.75, 3.05) is 20.3 Å². The zero-order valence-corrected chi connectivity index (χ0v) is 20.1. The third-order valence-corrected chi connectivity index (χ3v) is 5.73. The van der Waals surface area contributed by atoms with E-state index in [0.29, 0.717) is 19.7 Å². The van der Waals surface area contributed by atoms with Crippen molar-refractivity contribution in [3.63, 3.8) is 0 Å². The number of carbonyl (C=O) groups is 2. The van der Waals surface area contributed by atoms with Crippen molar-refractivity contribution in [1.82, 2.24) is 9.80 Å². The maximum absolute atomic E-state index is 13.2. The molecule has 0 aromatic heterocycles. The first-order valence-corrected chi connectivity index (χ1v) is 11.2. The van der Waals surface area contributed by atoms with Crippen molar-refractivity contribution in [2.45, 2.75) is 58.2 Å². The van der Waals surface area contributed by atoms with Gasteiger partial charge in [-0.05, 0) is 38.8 Å². The number of amides is 1. The number of carbonyl (C=O) groups excluding carboxylic acids is 2. The third kappa shape index (κ3) is 6.33. The summed E-state index contributed by atoms with van der Waals surface area (Å²) in [5.41, 5.74) is 0.793. The number of hydrogen-bond donors (Lipinski definition) is 0. The molecular weight excluding hydrogens is 420 g/mol. The van der Waals surface area contributed by atoms with Crippen LogP contribution in [0.1, 0.15) is 38.8 Å². The van der Waals surface area contributed by atoms with Gasteiger partial charge in [0.25, 0.3) is 0 Å². The normalized spacial score (nSPS) is 17.6. The number of benzene rings is 2. The number of ether oxygens (including phenoxy) is 3. The summed E-state index contributed by atoms with van der Waals surface area (Å²) >= 11 is 0. The van der Waals surface area contributed by atoms with E-state index in [0.717, 1.165) is 11.1 Å². The monoisotopic (exact) mass is 454 g/mol. The van der Waals surface area contributed by atoms with E-state index in [1.54, 1.807) is 4.90 Å². The molecule has 1 fully saturated rings. The highest BCUT2D eigenvalue weighted by atomic mass is 16.6. The molecule has 1 aliphatic rings. The minimum Gasteiger partial charge on any atom is -0.466 e. The van der Waals surface area contributed by atoms with Crippen LogP contribution in [-0.2, 0) is 32.1 Å². The van der Waals surface area contributed by atoms with E-state index in [9.17, 15) is 9.59 Å². The van der Waals surface area contributed by atoms with Crippen LogP contribution in [0, 0.1) is 0 Å². The fourth-order valence-electron chi connectivity index (χ4n) is 4.25. The Morgan fingerprint density at radius 1 is 0.970 bits per heavy atom. The molecular formula is C26H34N2O5. The minimum atomic E-state index is -1.08. The lowest BCUT2D eigenvalue weighted by Gasteiger charge is -2.37. The van der Waals surface area contributed by atoms with E-state index in [1.165, 1.54) is 7.11 Å². The van der Waals surface area contributed by atoms with Crippen LogP contribution >= 0.6 is 0 Å². The minimum absolute atomic E-state index is 0.192. The standard InChI is InChI=1S/C26H34N2O5/c1-25(2)19-32-26(3,4)28(25)24(30)33-22(23(29)31-5)18-27(16-20-12-8-6-9-13-20)17-21-14-10-7-11-15-21/h6-15,22H,16-19H2,1-5H3/t22-/m1/s1. The molecule has 33 heavy (non-hydrogen) atoms. The summed E-state index contributed by atoms with van der Waals surface area (Å²) in [6.45, 7) is 9.19. The first kappa shape index (κ1) is 24.7. The Balaban J connectivity index is 1.81. The number of methoxy groups -OCH3 is 1. The molecule has 2 aromatic rings. The fourth-order valence-corrected chi connectivity index (χ4v) is 4.25. The first-order valence-electron chi connectivity index (χ1n) is 11.2. The highest BCUT2D eigenvalue weighted by molar-refractivity contribution is 5.79. The summed E-state index contributed by atoms with van der Waals surface area (Å²) in [6.07, 6.45) is -1.68. The van der Waals surface area contributed by atoms with Crippen molar-refractivity contribution in [2.24, 2.45) is 0 Å². The second-order valence-electron chi connectivity index (χ2n) is 9.42. The molecule has 0 unspecified atom stereocenters. The molecule has 0 saturated carbocycles. The Morgan fingerprint density at radius 3 is 1.91 bits per heavy atom. The van der Waals surface area contributed by atoms with E-state index in [2.05, 4.69) is 4.90 Å². The van der Waals surface area contributed by atoms with Crippen molar-refractivity contribution in [3.8, 4) is 0 Å². The first-order chi connectivity index (χ1) is 15.6. The van der Waals surface area contributed by atoms with Gasteiger partial charge < -0.3 is 14.2 Å². The fraction of sp³-hybridized carbons (Fsp3) is 0.462. The summed E-state index contributed by atoms with van der Waals surface area (Å²) in [7, 11) is 1.30. The zero-order chi connectivity index (χ0) is 24.1. The van der Waals surface area contributed by atoms with E-state index in [-0.39, 0.29) is 6.54 Å². The van der Waals surface area contributed by atoms with Crippen LogP contribution in [0.5, 0.6) is 0 Å². The largest absolute Gasteiger partial charge is 0.466 e. The van der Waals surface area contributed by atoms with Gasteiger partial charge in [-0.2, -0.15) is 0 Å². The predicted octanol–water partition coefficient (Wildman–Crippen LogP) is 4.21. The van der Waals surface area contributed by atoms with Crippen molar-refractivity contribution < 1.29 is 23.8 Å². The topological polar surface area (TPSA) is 68.3 Å². The second kappa shape index (κ2) is 10.4. The highest BCUT2D eigenvalue weighted by Crippen LogP contribution is 2.35. The van der Waals surface area contributed by atoms with Crippen LogP contribution in [-0.4, -0.2) is 59.5 Å². The maximum atomic E-state index is 13.2. The van der Waals surface area contributed by atoms with Crippen molar-refractivity contribution in [1.29, 1.82) is 0 Å². The lowest BCUT2D eigenvalue weighted by Crippen LogP contribution is -2.54. The van der Waals surface area contributed by atoms with Crippen molar-refractivity contribution in [3.05, 3.63) is 71.8 Å². The average Bonchev–Trinajstić information content (AvgIpc) is 3.01. The Bertz CT molecular complexity index is 873. The van der Waals surface area contributed by atoms with E-state index < -0.39 is 29.4 Å². The summed E-state index contributed by atoms with van der Waals surface area (Å²) in [4.78, 5) is 29.5. The van der Waals surface area contributed by atoms with Crippen LogP contribution in [0.15, 0.2) is 60.7 Å². The van der Waals surface area contributed by atoms with E-state index >= 15 is 0 Å². The van der Waals surface area contributed by atoms with Crippen LogP contribution in [0.25, 0.3) is 0 Å². The van der Waals surface area contributed by atoms with E-state index in [1.807, 2.05) is 88.4 Å². The van der Waals surface area contributed by atoms with Crippen LogP contribution in [0.2, 0.25) is 0 Å². The molecule has 0 spiro atoms. The average molecular weight is 455 g/mol. The smallest absolute Gasteiger partial charge is 0.413 e. The van der Waals surface area contributed by atoms with Gasteiger partial charge in [0.05, 0.1) is 19.3 Å². The van der Waals surface area contributed by atoms with Gasteiger partial charge in [0, 0.05) is 19.6 Å². The van der Waals surface area contributed by atoms with Gasteiger partial charge >= 0.3 is 12.1 Å². The maximum Gasteiger partial charge on any atom is 0.413 e. The Kier molecular flexibility index (Phi) is 7.76. The van der Waals surface area contributed by atoms with Gasteiger partial charge in [0.1, 0.15) is 5.72 Å². The van der Waals surface area contributed by atoms with Gasteiger partial charge in [-0.15, -0.1) is 0 Å². The molecule has 0 N–H and O–H groups in total. The van der Waals surface area contributed by atoms with Crippen LogP contribution < -0.4 is 0 Å². The predicted molar refractivity (Wildman–Crippen MR) is 125 cm³/mol. The molecule has 7 nitrogen and oxygen atoms in total. The number of hydrogen-bond acceptors (Lipinski definition) is 6. The molecule has 1 aliphatic heterocycles. The molecule has 7 heteroatoms. The molecule has 178 valence electrons. The second-order valence-corrected chi connectivity index (χ2v) is 9.42. The molecule has 1 heterocycles. The van der Waals surface area contributed by atoms with Gasteiger partial charge in [0.2, 0.25) is 6.10 Å². The number of nitrogens with zero attached hydrogens (tertiary/aromatic N) is 2. The van der Waals surface area contributed by atoms with Gasteiger partial charge in [0.15, 0.2) is 0 Å². The highest BCUT2D eigenvalue weighted by Gasteiger charge is 2.50. The molecule has 2 aromatic carbocycles. The van der Waals surface area contributed by atoms with Gasteiger partial charge in [-0.25, -0.2) is 9.59 Å². The Morgan fingerprint density at radius 2 is 1.48 bits per heavy atom. The lowest BCUT2D eigenvalue weighted by molar-refractivity contribution is -0.153. The zero-order valence-electron chi connectivity index (χ0n) is 20.1. The number of rotatable bonds is 8. The SMILES string of the molecule is COC(=O)[C@@H](CN(Cc1ccccc1)Cc1ccccc1)OC(=O)N1C(C)(C)COC1(C)C. The van der Waals surface area contributed by atoms with Gasteiger partial charge in [-0.1, -0.05) is 60.7 Å². The quantitative estimate of drug-likeness (QED) is 0.557. The van der Waals surface area contributed by atoms with Crippen LogP contribution in [0.4, 0.5) is 4.79 Å². The number of esters is 1. The van der Waals surface area contributed by atoms with Gasteiger partial charge in [-0.3, -0.25) is 9.80 Å². The van der Waals surface area contributed by atoms with E-state index in [4.69, 9.17) is 14.2 Å².